The number of aliphatic hydroxyl groups excluding tert-OH is 1. The molecule has 1 amide bonds. The van der Waals surface area contributed by atoms with Crippen molar-refractivity contribution in [1.82, 2.24) is 30.7 Å². The normalized spacial score (nSPS) is 14.2. The second-order valence-corrected chi connectivity index (χ2v) is 14.9. The lowest BCUT2D eigenvalue weighted by molar-refractivity contribution is -0.140. The number of methoxy groups -OCH3 is 1. The molecule has 1 fully saturated rings. The number of hydrogen-bond acceptors (Lipinski definition) is 10. The molecular weight excluding hydrogens is 793 g/mol. The summed E-state index contributed by atoms with van der Waals surface area (Å²) in [6.45, 7) is 1.08. The van der Waals surface area contributed by atoms with E-state index in [4.69, 9.17) is 37.8 Å². The van der Waals surface area contributed by atoms with Crippen molar-refractivity contribution in [2.45, 2.75) is 51.2 Å². The van der Waals surface area contributed by atoms with Crippen LogP contribution in [0.5, 0.6) is 11.5 Å². The number of carbonyl (C=O) groups excluding carboxylic acids is 1. The minimum Gasteiger partial charge on any atom is -0.496 e. The predicted molar refractivity (Wildman–Crippen MR) is 224 cm³/mol. The van der Waals surface area contributed by atoms with Crippen molar-refractivity contribution in [2.75, 3.05) is 20.3 Å². The number of nitrogens with zero attached hydrogens (tertiary/aromatic N) is 4. The van der Waals surface area contributed by atoms with Crippen molar-refractivity contribution in [1.29, 1.82) is 5.26 Å². The predicted octanol–water partition coefficient (Wildman–Crippen LogP) is 6.48. The van der Waals surface area contributed by atoms with E-state index >= 15 is 0 Å². The van der Waals surface area contributed by atoms with Gasteiger partial charge in [-0.2, -0.15) is 10.4 Å². The molecule has 0 spiro atoms. The highest BCUT2D eigenvalue weighted by Gasteiger charge is 2.22. The Balaban J connectivity index is 1.14. The summed E-state index contributed by atoms with van der Waals surface area (Å²) in [7, 11) is 1.65. The molecule has 59 heavy (non-hydrogen) atoms. The van der Waals surface area contributed by atoms with E-state index in [1.807, 2.05) is 59.3 Å². The molecule has 0 aliphatic carbocycles. The van der Waals surface area contributed by atoms with Gasteiger partial charge in [0.15, 0.2) is 0 Å². The fourth-order valence-electron chi connectivity index (χ4n) is 7.14. The van der Waals surface area contributed by atoms with Crippen LogP contribution in [0.3, 0.4) is 0 Å². The number of pyridine rings is 1. The molecule has 6 aromatic rings. The number of rotatable bonds is 17. The number of amides is 1. The number of aliphatic carboxylic acids is 1. The van der Waals surface area contributed by atoms with Gasteiger partial charge in [0.25, 0.3) is 0 Å². The lowest BCUT2D eigenvalue weighted by atomic mass is 9.96. The Morgan fingerprint density at radius 2 is 1.81 bits per heavy atom. The van der Waals surface area contributed by atoms with E-state index in [1.165, 1.54) is 6.20 Å². The molecule has 4 aromatic carbocycles. The Morgan fingerprint density at radius 3 is 2.58 bits per heavy atom. The fourth-order valence-corrected chi connectivity index (χ4v) is 7.72. The molecule has 0 unspecified atom stereocenters. The zero-order valence-electron chi connectivity index (χ0n) is 32.0. The molecule has 1 aliphatic rings. The average molecular weight is 835 g/mol. The summed E-state index contributed by atoms with van der Waals surface area (Å²) in [5.74, 6) is 0.0615. The van der Waals surface area contributed by atoms with Gasteiger partial charge in [-0.15, -0.1) is 0 Å². The van der Waals surface area contributed by atoms with Crippen LogP contribution in [-0.4, -0.2) is 69.2 Å². The van der Waals surface area contributed by atoms with E-state index in [9.17, 15) is 25.1 Å². The molecule has 0 bridgehead atoms. The van der Waals surface area contributed by atoms with Crippen molar-refractivity contribution in [3.8, 4) is 39.8 Å². The Kier molecular flexibility index (Phi) is 13.1. The lowest BCUT2D eigenvalue weighted by Crippen LogP contribution is -2.39. The number of carboxylic acid groups (broad SMARTS) is 1. The highest BCUT2D eigenvalue weighted by atomic mass is 35.5. The first kappa shape index (κ1) is 41.2. The number of benzene rings is 4. The van der Waals surface area contributed by atoms with E-state index in [0.717, 1.165) is 50.9 Å². The van der Waals surface area contributed by atoms with Crippen LogP contribution in [0.15, 0.2) is 91.4 Å². The van der Waals surface area contributed by atoms with Crippen LogP contribution in [0.4, 0.5) is 0 Å². The number of nitriles is 1. The molecule has 2 atom stereocenters. The van der Waals surface area contributed by atoms with Crippen LogP contribution in [0.2, 0.25) is 10.0 Å². The third-order valence-electron chi connectivity index (χ3n) is 10.3. The van der Waals surface area contributed by atoms with Crippen LogP contribution in [0.25, 0.3) is 33.2 Å². The molecule has 1 saturated heterocycles. The highest BCUT2D eigenvalue weighted by Crippen LogP contribution is 2.40. The molecule has 302 valence electrons. The maximum Gasteiger partial charge on any atom is 0.323 e. The van der Waals surface area contributed by atoms with Crippen molar-refractivity contribution in [3.63, 3.8) is 0 Å². The molecule has 1 aliphatic heterocycles. The van der Waals surface area contributed by atoms with Gasteiger partial charge in [0.1, 0.15) is 30.2 Å². The largest absolute Gasteiger partial charge is 0.496 e. The number of aromatic nitrogens is 3. The minimum atomic E-state index is -1.19. The summed E-state index contributed by atoms with van der Waals surface area (Å²) in [5.41, 5.74) is 7.64. The zero-order valence-corrected chi connectivity index (χ0v) is 33.6. The summed E-state index contributed by atoms with van der Waals surface area (Å²) in [6.07, 6.45) is 6.26. The van der Waals surface area contributed by atoms with E-state index in [-0.39, 0.29) is 31.6 Å². The van der Waals surface area contributed by atoms with Gasteiger partial charge >= 0.3 is 5.97 Å². The summed E-state index contributed by atoms with van der Waals surface area (Å²) in [4.78, 5) is 27.3. The van der Waals surface area contributed by atoms with Gasteiger partial charge in [0.2, 0.25) is 5.91 Å². The van der Waals surface area contributed by atoms with Crippen molar-refractivity contribution < 1.29 is 29.3 Å². The molecule has 15 heteroatoms. The quantitative estimate of drug-likeness (QED) is 0.0678. The number of hydrogen-bond donors (Lipinski definition) is 5. The fraction of sp³-hybridized carbons (Fsp3) is 0.250. The SMILES string of the molecule is COc1cc(-c2cccc(-c3cccc4c3cnn4Cc3cc(OCc4cncc(C#N)c4)c(CN[C@@H](CO)C(=O)O)cc3Cl)c2Cl)ccc1CNC[C@@H]1CCC(=O)N1. The van der Waals surface area contributed by atoms with Gasteiger partial charge in [0.05, 0.1) is 42.6 Å². The maximum atomic E-state index is 11.6. The van der Waals surface area contributed by atoms with E-state index < -0.39 is 18.6 Å². The topological polar surface area (TPSA) is 184 Å². The standard InChI is InChI=1S/C44H41Cl2N7O6/c1-58-40-14-28(8-9-29(40)19-49-21-32-10-11-42(55)52-32)33-4-2-6-35(43(33)46)34-5-3-7-39-36(34)22-51-53(39)23-31-15-41(59-25-27-12-26(16-47)17-48-18-27)30(13-37(31)45)20-50-38(24-54)44(56)57/h2-9,12-15,17-18,22,32,38,49-50,54H,10-11,19-21,23-25H2,1H3,(H,52,55)(H,56,57)/t32-,38-/m0/s1. The Labute approximate surface area is 350 Å². The Bertz CT molecular complexity index is 2560. The van der Waals surface area contributed by atoms with Crippen LogP contribution >= 0.6 is 23.2 Å². The molecule has 13 nitrogen and oxygen atoms in total. The zero-order chi connectivity index (χ0) is 41.5. The van der Waals surface area contributed by atoms with Gasteiger partial charge in [0, 0.05) is 82.7 Å². The second kappa shape index (κ2) is 18.7. The summed E-state index contributed by atoms with van der Waals surface area (Å²) >= 11 is 14.1. The van der Waals surface area contributed by atoms with Crippen LogP contribution in [0, 0.1) is 11.3 Å². The number of nitrogens with one attached hydrogen (secondary N) is 3. The third-order valence-corrected chi connectivity index (χ3v) is 11.0. The first-order valence-electron chi connectivity index (χ1n) is 18.9. The lowest BCUT2D eigenvalue weighted by Gasteiger charge is -2.18. The number of carbonyl (C=O) groups is 2. The van der Waals surface area contributed by atoms with Crippen molar-refractivity contribution in [3.05, 3.63) is 129 Å². The number of ether oxygens (including phenoxy) is 2. The maximum absolute atomic E-state index is 11.6. The van der Waals surface area contributed by atoms with E-state index in [1.54, 1.807) is 37.7 Å². The first-order chi connectivity index (χ1) is 28.6. The highest BCUT2D eigenvalue weighted by molar-refractivity contribution is 6.36. The van der Waals surface area contributed by atoms with E-state index in [0.29, 0.717) is 57.6 Å². The summed E-state index contributed by atoms with van der Waals surface area (Å²) < 4.78 is 13.8. The molecule has 3 heterocycles. The van der Waals surface area contributed by atoms with Gasteiger partial charge in [-0.25, -0.2) is 0 Å². The van der Waals surface area contributed by atoms with Crippen LogP contribution < -0.4 is 25.4 Å². The van der Waals surface area contributed by atoms with Crippen LogP contribution in [0.1, 0.15) is 40.7 Å². The van der Waals surface area contributed by atoms with Gasteiger partial charge in [-0.3, -0.25) is 24.6 Å². The van der Waals surface area contributed by atoms with Crippen molar-refractivity contribution in [2.24, 2.45) is 0 Å². The number of halogens is 2. The summed E-state index contributed by atoms with van der Waals surface area (Å²) in [5, 5.41) is 44.2. The monoisotopic (exact) mass is 833 g/mol. The second-order valence-electron chi connectivity index (χ2n) is 14.2. The molecule has 0 saturated carbocycles. The first-order valence-corrected chi connectivity index (χ1v) is 19.7. The van der Waals surface area contributed by atoms with Gasteiger partial charge in [-0.1, -0.05) is 65.7 Å². The molecule has 7 rings (SSSR count). The molecule has 0 radical (unpaired) electrons. The Hall–Kier alpha value is -6.01. The Morgan fingerprint density at radius 1 is 1.00 bits per heavy atom. The third kappa shape index (κ3) is 9.49. The number of carboxylic acids is 1. The van der Waals surface area contributed by atoms with Gasteiger partial charge in [-0.05, 0) is 53.4 Å². The molecule has 2 aromatic heterocycles. The number of aliphatic hydroxyl groups is 1. The molecular formula is C44H41Cl2N7O6. The van der Waals surface area contributed by atoms with Crippen molar-refractivity contribution >= 4 is 46.0 Å². The minimum absolute atomic E-state index is 0.0493. The number of fused-ring (bicyclic) bond motifs is 1. The van der Waals surface area contributed by atoms with Crippen LogP contribution in [-0.2, 0) is 35.8 Å². The molecule has 5 N–H and O–H groups in total. The average Bonchev–Trinajstić information content (AvgIpc) is 3.86. The van der Waals surface area contributed by atoms with E-state index in [2.05, 4.69) is 27.0 Å². The smallest absolute Gasteiger partial charge is 0.323 e. The van der Waals surface area contributed by atoms with Gasteiger partial charge < -0.3 is 30.3 Å². The summed E-state index contributed by atoms with van der Waals surface area (Å²) in [6, 6.07) is 24.1.